The summed E-state index contributed by atoms with van der Waals surface area (Å²) in [7, 11) is 0. The van der Waals surface area contributed by atoms with Crippen molar-refractivity contribution in [1.82, 2.24) is 0 Å². The van der Waals surface area contributed by atoms with Crippen LogP contribution < -0.4 is 0 Å². The Labute approximate surface area is 187 Å². The van der Waals surface area contributed by atoms with E-state index in [4.69, 9.17) is 0 Å². The Morgan fingerprint density at radius 3 is 2.23 bits per heavy atom. The number of benzene rings is 3. The molecule has 0 N–H and O–H groups in total. The van der Waals surface area contributed by atoms with Crippen LogP contribution in [0.2, 0.25) is 0 Å². The zero-order valence-corrected chi connectivity index (χ0v) is 18.9. The fourth-order valence-electron chi connectivity index (χ4n) is 5.19. The van der Waals surface area contributed by atoms with Gasteiger partial charge in [-0.1, -0.05) is 87.2 Å². The van der Waals surface area contributed by atoms with Gasteiger partial charge in [0.25, 0.3) is 0 Å². The van der Waals surface area contributed by atoms with Crippen LogP contribution in [0.4, 0.5) is 4.39 Å². The minimum atomic E-state index is -0.0726. The van der Waals surface area contributed by atoms with Crippen LogP contribution in [0.25, 0.3) is 21.9 Å². The third kappa shape index (κ3) is 5.26. The molecule has 3 aromatic rings. The summed E-state index contributed by atoms with van der Waals surface area (Å²) >= 11 is 0. The highest BCUT2D eigenvalue weighted by Crippen LogP contribution is 2.34. The molecular formula is C30H35F. The maximum Gasteiger partial charge on any atom is 0.134 e. The Morgan fingerprint density at radius 2 is 1.55 bits per heavy atom. The van der Waals surface area contributed by atoms with E-state index in [1.54, 1.807) is 0 Å². The second kappa shape index (κ2) is 10.3. The molecule has 1 fully saturated rings. The standard InChI is InChI=1S/C30H35F/c1-3-5-6-22-7-9-23(10-8-22)11-12-24-13-15-26(16-14-24)27-19-20-29-28(21-27)18-17-25(4-2)30(29)31/h3,13-23H,1,4-12H2,2H3. The summed E-state index contributed by atoms with van der Waals surface area (Å²) in [5.74, 6) is 1.75. The van der Waals surface area contributed by atoms with Gasteiger partial charge in [-0.15, -0.1) is 6.58 Å². The summed E-state index contributed by atoms with van der Waals surface area (Å²) in [6, 6.07) is 19.0. The summed E-state index contributed by atoms with van der Waals surface area (Å²) in [6.45, 7) is 5.85. The van der Waals surface area contributed by atoms with Gasteiger partial charge in [0, 0.05) is 5.39 Å². The fraction of sp³-hybridized carbons (Fsp3) is 0.400. The molecule has 1 aliphatic carbocycles. The number of hydrogen-bond donors (Lipinski definition) is 0. The molecule has 0 nitrogen and oxygen atoms in total. The summed E-state index contributed by atoms with van der Waals surface area (Å²) in [5, 5.41) is 1.69. The zero-order chi connectivity index (χ0) is 21.6. The van der Waals surface area contributed by atoms with Gasteiger partial charge in [-0.05, 0) is 77.6 Å². The van der Waals surface area contributed by atoms with Crippen LogP contribution in [0.1, 0.15) is 63.0 Å². The molecular weight excluding hydrogens is 379 g/mol. The van der Waals surface area contributed by atoms with Gasteiger partial charge in [0.15, 0.2) is 0 Å². The molecule has 31 heavy (non-hydrogen) atoms. The van der Waals surface area contributed by atoms with Crippen molar-refractivity contribution in [2.45, 2.75) is 64.7 Å². The van der Waals surface area contributed by atoms with Crippen molar-refractivity contribution < 1.29 is 4.39 Å². The highest BCUT2D eigenvalue weighted by molar-refractivity contribution is 5.88. The minimum absolute atomic E-state index is 0.0726. The Bertz CT molecular complexity index is 1010. The van der Waals surface area contributed by atoms with E-state index in [9.17, 15) is 4.39 Å². The smallest absolute Gasteiger partial charge is 0.134 e. The van der Waals surface area contributed by atoms with Gasteiger partial charge < -0.3 is 0 Å². The van der Waals surface area contributed by atoms with Gasteiger partial charge in [-0.25, -0.2) is 4.39 Å². The number of halogens is 1. The van der Waals surface area contributed by atoms with E-state index >= 15 is 0 Å². The third-order valence-corrected chi connectivity index (χ3v) is 7.29. The lowest BCUT2D eigenvalue weighted by Gasteiger charge is -2.28. The molecule has 0 amide bonds. The van der Waals surface area contributed by atoms with Crippen molar-refractivity contribution in [3.05, 3.63) is 84.2 Å². The summed E-state index contributed by atoms with van der Waals surface area (Å²) in [6.07, 6.45) is 13.4. The molecule has 4 rings (SSSR count). The predicted molar refractivity (Wildman–Crippen MR) is 132 cm³/mol. The average Bonchev–Trinajstić information content (AvgIpc) is 2.82. The van der Waals surface area contributed by atoms with Crippen LogP contribution in [0.5, 0.6) is 0 Å². The largest absolute Gasteiger partial charge is 0.206 e. The highest BCUT2D eigenvalue weighted by atomic mass is 19.1. The first-order valence-electron chi connectivity index (χ1n) is 12.1. The molecule has 1 heteroatoms. The van der Waals surface area contributed by atoms with Gasteiger partial charge in [0.1, 0.15) is 5.82 Å². The number of allylic oxidation sites excluding steroid dienone is 1. The first-order valence-corrected chi connectivity index (χ1v) is 12.1. The second-order valence-corrected chi connectivity index (χ2v) is 9.32. The Balaban J connectivity index is 1.36. The third-order valence-electron chi connectivity index (χ3n) is 7.29. The molecule has 0 aliphatic heterocycles. The average molecular weight is 415 g/mol. The van der Waals surface area contributed by atoms with Crippen molar-refractivity contribution >= 4 is 10.8 Å². The van der Waals surface area contributed by atoms with Gasteiger partial charge in [-0.3, -0.25) is 0 Å². The summed E-state index contributed by atoms with van der Waals surface area (Å²) in [4.78, 5) is 0. The minimum Gasteiger partial charge on any atom is -0.206 e. The molecule has 1 aliphatic rings. The molecule has 1 saturated carbocycles. The van der Waals surface area contributed by atoms with E-state index < -0.39 is 0 Å². The van der Waals surface area contributed by atoms with Crippen molar-refractivity contribution in [1.29, 1.82) is 0 Å². The van der Waals surface area contributed by atoms with Gasteiger partial charge in [0.05, 0.1) is 0 Å². The topological polar surface area (TPSA) is 0 Å². The quantitative estimate of drug-likeness (QED) is 0.323. The molecule has 0 radical (unpaired) electrons. The Hall–Kier alpha value is -2.41. The molecule has 0 unspecified atom stereocenters. The number of hydrogen-bond acceptors (Lipinski definition) is 0. The first kappa shape index (κ1) is 21.8. The van der Waals surface area contributed by atoms with Crippen molar-refractivity contribution in [2.24, 2.45) is 11.8 Å². The van der Waals surface area contributed by atoms with Crippen LogP contribution in [0.15, 0.2) is 67.3 Å². The lowest BCUT2D eigenvalue weighted by Crippen LogP contribution is -2.15. The fourth-order valence-corrected chi connectivity index (χ4v) is 5.19. The monoisotopic (exact) mass is 414 g/mol. The lowest BCUT2D eigenvalue weighted by molar-refractivity contribution is 0.254. The SMILES string of the molecule is C=CCCC1CCC(CCc2ccc(-c3ccc4c(F)c(CC)ccc4c3)cc2)CC1. The zero-order valence-electron chi connectivity index (χ0n) is 18.9. The molecule has 3 aromatic carbocycles. The number of fused-ring (bicyclic) bond motifs is 1. The number of rotatable bonds is 8. The van der Waals surface area contributed by atoms with Crippen LogP contribution >= 0.6 is 0 Å². The van der Waals surface area contributed by atoms with E-state index in [1.807, 2.05) is 31.2 Å². The van der Waals surface area contributed by atoms with E-state index in [1.165, 1.54) is 62.5 Å². The van der Waals surface area contributed by atoms with E-state index in [0.717, 1.165) is 40.2 Å². The molecule has 162 valence electrons. The van der Waals surface area contributed by atoms with Crippen molar-refractivity contribution in [3.8, 4) is 11.1 Å². The Morgan fingerprint density at radius 1 is 0.871 bits per heavy atom. The molecule has 0 spiro atoms. The molecule has 0 saturated heterocycles. The van der Waals surface area contributed by atoms with E-state index in [2.05, 4.69) is 43.0 Å². The second-order valence-electron chi connectivity index (χ2n) is 9.32. The highest BCUT2D eigenvalue weighted by Gasteiger charge is 2.20. The van der Waals surface area contributed by atoms with Crippen LogP contribution in [-0.2, 0) is 12.8 Å². The van der Waals surface area contributed by atoms with E-state index in [-0.39, 0.29) is 5.82 Å². The molecule has 0 bridgehead atoms. The normalized spacial score (nSPS) is 18.9. The van der Waals surface area contributed by atoms with Crippen LogP contribution in [0.3, 0.4) is 0 Å². The lowest BCUT2D eigenvalue weighted by atomic mass is 9.78. The van der Waals surface area contributed by atoms with E-state index in [0.29, 0.717) is 0 Å². The van der Waals surface area contributed by atoms with Crippen molar-refractivity contribution in [3.63, 3.8) is 0 Å². The van der Waals surface area contributed by atoms with Crippen LogP contribution in [-0.4, -0.2) is 0 Å². The van der Waals surface area contributed by atoms with Gasteiger partial charge in [0.2, 0.25) is 0 Å². The maximum atomic E-state index is 14.6. The van der Waals surface area contributed by atoms with Gasteiger partial charge >= 0.3 is 0 Å². The molecule has 0 atom stereocenters. The van der Waals surface area contributed by atoms with Gasteiger partial charge in [-0.2, -0.15) is 0 Å². The molecule has 0 heterocycles. The predicted octanol–water partition coefficient (Wildman–Crippen LogP) is 8.91. The first-order chi connectivity index (χ1) is 15.2. The summed E-state index contributed by atoms with van der Waals surface area (Å²) < 4.78 is 14.6. The Kier molecular flexibility index (Phi) is 7.22. The van der Waals surface area contributed by atoms with Crippen LogP contribution in [0, 0.1) is 17.7 Å². The maximum absolute atomic E-state index is 14.6. The molecule has 0 aromatic heterocycles. The van der Waals surface area contributed by atoms with Crippen molar-refractivity contribution in [2.75, 3.05) is 0 Å². The summed E-state index contributed by atoms with van der Waals surface area (Å²) in [5.41, 5.74) is 4.57. The number of aryl methyl sites for hydroxylation is 2.